The Morgan fingerprint density at radius 1 is 1.09 bits per heavy atom. The van der Waals surface area contributed by atoms with Gasteiger partial charge >= 0.3 is 0 Å². The molecule has 1 aliphatic rings. The van der Waals surface area contributed by atoms with E-state index in [1.807, 2.05) is 30.1 Å². The fourth-order valence-corrected chi connectivity index (χ4v) is 3.66. The van der Waals surface area contributed by atoms with Crippen molar-refractivity contribution in [1.82, 2.24) is 24.6 Å². The Kier molecular flexibility index (Phi) is 6.18. The highest BCUT2D eigenvalue weighted by atomic mass is 16.5. The van der Waals surface area contributed by atoms with Crippen LogP contribution in [0.3, 0.4) is 0 Å². The Balaban J connectivity index is 1.56. The molecule has 0 unspecified atom stereocenters. The van der Waals surface area contributed by atoms with Crippen molar-refractivity contribution in [1.29, 1.82) is 0 Å². The molecular weight excluding hydrogens is 408 g/mol. The topological polar surface area (TPSA) is 92.6 Å². The maximum atomic E-state index is 13.0. The molecule has 0 atom stereocenters. The second-order valence-electron chi connectivity index (χ2n) is 7.71. The van der Waals surface area contributed by atoms with E-state index in [0.29, 0.717) is 47.2 Å². The zero-order valence-corrected chi connectivity index (χ0v) is 18.4. The third-order valence-corrected chi connectivity index (χ3v) is 5.61. The molecule has 1 fully saturated rings. The van der Waals surface area contributed by atoms with Crippen LogP contribution in [0.15, 0.2) is 48.8 Å². The molecule has 3 aromatic rings. The van der Waals surface area contributed by atoms with E-state index in [9.17, 15) is 9.59 Å². The van der Waals surface area contributed by atoms with E-state index in [4.69, 9.17) is 4.74 Å². The number of carbonyl (C=O) groups is 2. The van der Waals surface area contributed by atoms with Crippen molar-refractivity contribution in [2.45, 2.75) is 6.92 Å². The number of anilines is 1. The van der Waals surface area contributed by atoms with E-state index < -0.39 is 0 Å². The Bertz CT molecular complexity index is 1120. The lowest BCUT2D eigenvalue weighted by Gasteiger charge is -2.32. The lowest BCUT2D eigenvalue weighted by atomic mass is 10.1. The van der Waals surface area contributed by atoms with Gasteiger partial charge in [-0.15, -0.1) is 0 Å². The van der Waals surface area contributed by atoms with Crippen molar-refractivity contribution in [3.63, 3.8) is 0 Å². The molecule has 9 heteroatoms. The van der Waals surface area contributed by atoms with Crippen molar-refractivity contribution in [2.24, 2.45) is 0 Å². The molecule has 0 bridgehead atoms. The molecule has 2 aromatic heterocycles. The monoisotopic (exact) mass is 434 g/mol. The van der Waals surface area contributed by atoms with Gasteiger partial charge in [0.25, 0.3) is 11.8 Å². The van der Waals surface area contributed by atoms with Gasteiger partial charge in [-0.05, 0) is 44.3 Å². The summed E-state index contributed by atoms with van der Waals surface area (Å²) in [5.74, 6) is 0.701. The van der Waals surface area contributed by atoms with Gasteiger partial charge in [-0.25, -0.2) is 9.67 Å². The smallest absolute Gasteiger partial charge is 0.259 e. The highest BCUT2D eigenvalue weighted by Crippen LogP contribution is 2.27. The van der Waals surface area contributed by atoms with Gasteiger partial charge < -0.3 is 19.9 Å². The van der Waals surface area contributed by atoms with Crippen molar-refractivity contribution in [3.05, 3.63) is 65.6 Å². The number of pyridine rings is 1. The summed E-state index contributed by atoms with van der Waals surface area (Å²) in [5.41, 5.74) is 2.01. The minimum absolute atomic E-state index is 0.0598. The maximum absolute atomic E-state index is 13.0. The molecule has 0 saturated carbocycles. The molecule has 1 N–H and O–H groups in total. The average Bonchev–Trinajstić information content (AvgIpc) is 3.21. The first-order valence-electron chi connectivity index (χ1n) is 10.4. The number of nitrogens with zero attached hydrogens (tertiary/aromatic N) is 5. The number of methoxy groups -OCH3 is 1. The van der Waals surface area contributed by atoms with Crippen molar-refractivity contribution in [3.8, 4) is 11.6 Å². The summed E-state index contributed by atoms with van der Waals surface area (Å²) in [5, 5.41) is 7.17. The number of hydrogen-bond acceptors (Lipinski definition) is 6. The molecule has 32 heavy (non-hydrogen) atoms. The van der Waals surface area contributed by atoms with Gasteiger partial charge in [-0.1, -0.05) is 6.07 Å². The number of carbonyl (C=O) groups excluding carboxylic acids is 2. The van der Waals surface area contributed by atoms with Crippen LogP contribution < -0.4 is 10.1 Å². The molecule has 166 valence electrons. The Morgan fingerprint density at radius 3 is 2.56 bits per heavy atom. The van der Waals surface area contributed by atoms with Crippen molar-refractivity contribution in [2.75, 3.05) is 45.7 Å². The van der Waals surface area contributed by atoms with Gasteiger partial charge in [-0.3, -0.25) is 9.59 Å². The number of ether oxygens (including phenoxy) is 1. The van der Waals surface area contributed by atoms with Crippen LogP contribution in [0.1, 0.15) is 26.4 Å². The lowest BCUT2D eigenvalue weighted by molar-refractivity contribution is 0.0664. The minimum atomic E-state index is -0.341. The van der Waals surface area contributed by atoms with Gasteiger partial charge in [0.15, 0.2) is 5.82 Å². The third kappa shape index (κ3) is 4.33. The van der Waals surface area contributed by atoms with Crippen LogP contribution >= 0.6 is 0 Å². The van der Waals surface area contributed by atoms with E-state index in [1.54, 1.807) is 36.0 Å². The molecular formula is C23H26N6O3. The lowest BCUT2D eigenvalue weighted by Crippen LogP contribution is -2.47. The molecule has 3 heterocycles. The predicted octanol–water partition coefficient (Wildman–Crippen LogP) is 2.22. The minimum Gasteiger partial charge on any atom is -0.495 e. The number of rotatable bonds is 5. The summed E-state index contributed by atoms with van der Waals surface area (Å²) in [7, 11) is 3.57. The highest BCUT2D eigenvalue weighted by molar-refractivity contribution is 6.06. The first kappa shape index (κ1) is 21.5. The van der Waals surface area contributed by atoms with E-state index >= 15 is 0 Å². The standard InChI is InChI=1S/C23H26N6O3/c1-16-18(15-25-29(16)21-6-4-5-9-24-21)22(30)26-19-14-17(7-8-20(19)32-3)23(31)28-12-10-27(2)11-13-28/h4-9,14-15H,10-13H2,1-3H3,(H,26,30). The second kappa shape index (κ2) is 9.19. The maximum Gasteiger partial charge on any atom is 0.259 e. The molecule has 4 rings (SSSR count). The second-order valence-corrected chi connectivity index (χ2v) is 7.71. The Morgan fingerprint density at radius 2 is 1.88 bits per heavy atom. The van der Waals surface area contributed by atoms with E-state index in [2.05, 4.69) is 20.3 Å². The number of amides is 2. The van der Waals surface area contributed by atoms with Crippen molar-refractivity contribution >= 4 is 17.5 Å². The van der Waals surface area contributed by atoms with Crippen LogP contribution in [0, 0.1) is 6.92 Å². The first-order chi connectivity index (χ1) is 15.5. The number of piperazine rings is 1. The van der Waals surface area contributed by atoms with Crippen molar-refractivity contribution < 1.29 is 14.3 Å². The van der Waals surface area contributed by atoms with Gasteiger partial charge in [0.2, 0.25) is 0 Å². The number of benzene rings is 1. The number of likely N-dealkylation sites (N-methyl/N-ethyl adjacent to an activating group) is 1. The van der Waals surface area contributed by atoms with Gasteiger partial charge in [-0.2, -0.15) is 5.10 Å². The van der Waals surface area contributed by atoms with Crippen LogP contribution in [0.25, 0.3) is 5.82 Å². The van der Waals surface area contributed by atoms with Crippen LogP contribution in [0.4, 0.5) is 5.69 Å². The number of hydrogen-bond donors (Lipinski definition) is 1. The molecule has 0 aliphatic carbocycles. The van der Waals surface area contributed by atoms with Crippen LogP contribution in [-0.2, 0) is 0 Å². The van der Waals surface area contributed by atoms with Gasteiger partial charge in [0, 0.05) is 37.9 Å². The zero-order chi connectivity index (χ0) is 22.7. The SMILES string of the molecule is COc1ccc(C(=O)N2CCN(C)CC2)cc1NC(=O)c1cnn(-c2ccccn2)c1C. The van der Waals surface area contributed by atoms with E-state index in [-0.39, 0.29) is 11.8 Å². The molecule has 1 aromatic carbocycles. The fraction of sp³-hybridized carbons (Fsp3) is 0.304. The summed E-state index contributed by atoms with van der Waals surface area (Å²) in [6, 6.07) is 10.6. The van der Waals surface area contributed by atoms with Crippen LogP contribution in [0.2, 0.25) is 0 Å². The third-order valence-electron chi connectivity index (χ3n) is 5.61. The largest absolute Gasteiger partial charge is 0.495 e. The zero-order valence-electron chi connectivity index (χ0n) is 18.4. The summed E-state index contributed by atoms with van der Waals surface area (Å²) in [4.78, 5) is 34.3. The summed E-state index contributed by atoms with van der Waals surface area (Å²) in [6.45, 7) is 4.83. The quantitative estimate of drug-likeness (QED) is 0.662. The summed E-state index contributed by atoms with van der Waals surface area (Å²) >= 11 is 0. The number of aromatic nitrogens is 3. The van der Waals surface area contributed by atoms with E-state index in [1.165, 1.54) is 13.3 Å². The molecule has 0 spiro atoms. The average molecular weight is 435 g/mol. The summed E-state index contributed by atoms with van der Waals surface area (Å²) < 4.78 is 7.01. The fourth-order valence-electron chi connectivity index (χ4n) is 3.66. The highest BCUT2D eigenvalue weighted by Gasteiger charge is 2.22. The molecule has 2 amide bonds. The van der Waals surface area contributed by atoms with E-state index in [0.717, 1.165) is 13.1 Å². The summed E-state index contributed by atoms with van der Waals surface area (Å²) in [6.07, 6.45) is 3.18. The Labute approximate surface area is 186 Å². The molecule has 1 aliphatic heterocycles. The molecule has 1 saturated heterocycles. The van der Waals surface area contributed by atoms with Crippen LogP contribution in [0.5, 0.6) is 5.75 Å². The predicted molar refractivity (Wildman–Crippen MR) is 120 cm³/mol. The Hall–Kier alpha value is -3.72. The molecule has 9 nitrogen and oxygen atoms in total. The molecule has 0 radical (unpaired) electrons. The number of nitrogens with one attached hydrogen (secondary N) is 1. The van der Waals surface area contributed by atoms with Gasteiger partial charge in [0.05, 0.1) is 30.3 Å². The normalized spacial score (nSPS) is 14.3. The van der Waals surface area contributed by atoms with Gasteiger partial charge in [0.1, 0.15) is 5.75 Å². The van der Waals surface area contributed by atoms with Crippen LogP contribution in [-0.4, -0.2) is 76.7 Å². The first-order valence-corrected chi connectivity index (χ1v) is 10.4.